The van der Waals surface area contributed by atoms with E-state index in [4.69, 9.17) is 4.42 Å². The molecule has 0 spiro atoms. The largest absolute Gasteiger partial charge is 0.460 e. The van der Waals surface area contributed by atoms with Crippen molar-refractivity contribution in [2.45, 2.75) is 45.8 Å². The van der Waals surface area contributed by atoms with E-state index < -0.39 is 0 Å². The molecule has 1 N–H and O–H groups in total. The van der Waals surface area contributed by atoms with Crippen molar-refractivity contribution in [1.29, 1.82) is 0 Å². The van der Waals surface area contributed by atoms with E-state index in [2.05, 4.69) is 34.5 Å². The summed E-state index contributed by atoms with van der Waals surface area (Å²) in [7, 11) is 0. The molecule has 0 radical (unpaired) electrons. The predicted octanol–water partition coefficient (Wildman–Crippen LogP) is 3.32. The second-order valence-corrected chi connectivity index (χ2v) is 7.69. The summed E-state index contributed by atoms with van der Waals surface area (Å²) >= 11 is 0. The first-order valence-corrected chi connectivity index (χ1v) is 10.3. The summed E-state index contributed by atoms with van der Waals surface area (Å²) in [4.78, 5) is 28.1. The van der Waals surface area contributed by atoms with Crippen LogP contribution in [0.2, 0.25) is 0 Å². The molecule has 6 heteroatoms. The van der Waals surface area contributed by atoms with Gasteiger partial charge in [0.25, 0.3) is 11.5 Å². The molecule has 4 rings (SSSR count). The summed E-state index contributed by atoms with van der Waals surface area (Å²) in [5.41, 5.74) is 1.98. The van der Waals surface area contributed by atoms with E-state index in [1.165, 1.54) is 5.56 Å². The number of hydrogen-bond acceptors (Lipinski definition) is 4. The third kappa shape index (κ3) is 3.98. The van der Waals surface area contributed by atoms with Gasteiger partial charge in [-0.25, -0.2) is 0 Å². The summed E-state index contributed by atoms with van der Waals surface area (Å²) < 4.78 is 7.28. The topological polar surface area (TPSA) is 67.5 Å². The minimum Gasteiger partial charge on any atom is -0.460 e. The van der Waals surface area contributed by atoms with Gasteiger partial charge in [-0.1, -0.05) is 30.3 Å². The number of piperidine rings is 1. The molecule has 152 valence electrons. The zero-order valence-electron chi connectivity index (χ0n) is 17.0. The van der Waals surface area contributed by atoms with E-state index in [-0.39, 0.29) is 17.5 Å². The summed E-state index contributed by atoms with van der Waals surface area (Å²) in [5.74, 6) is 0.277. The molecule has 3 aromatic rings. The first-order chi connectivity index (χ1) is 14.1. The Balaban J connectivity index is 1.44. The molecule has 0 bridgehead atoms. The highest BCUT2D eigenvalue weighted by molar-refractivity contribution is 6.07. The van der Waals surface area contributed by atoms with Crippen LogP contribution in [0.5, 0.6) is 0 Å². The summed E-state index contributed by atoms with van der Waals surface area (Å²) in [6.45, 7) is 7.01. The van der Waals surface area contributed by atoms with Crippen LogP contribution in [0.1, 0.15) is 41.4 Å². The molecule has 1 aliphatic heterocycles. The minimum atomic E-state index is -0.214. The van der Waals surface area contributed by atoms with Crippen molar-refractivity contribution in [2.75, 3.05) is 13.1 Å². The third-order valence-corrected chi connectivity index (χ3v) is 5.73. The smallest absolute Gasteiger partial charge is 0.262 e. The molecule has 1 amide bonds. The van der Waals surface area contributed by atoms with E-state index >= 15 is 0 Å². The van der Waals surface area contributed by atoms with Crippen molar-refractivity contribution in [1.82, 2.24) is 14.8 Å². The van der Waals surface area contributed by atoms with Crippen LogP contribution in [-0.4, -0.2) is 34.5 Å². The average Bonchev–Trinajstić information content (AvgIpc) is 3.07. The number of carbonyl (C=O) groups excluding carboxylic acids is 1. The maximum atomic E-state index is 13.0. The highest BCUT2D eigenvalue weighted by Crippen LogP contribution is 2.23. The first-order valence-electron chi connectivity index (χ1n) is 10.3. The monoisotopic (exact) mass is 393 g/mol. The maximum Gasteiger partial charge on any atom is 0.262 e. The van der Waals surface area contributed by atoms with Crippen LogP contribution in [0.25, 0.3) is 11.0 Å². The molecule has 2 aromatic heterocycles. The van der Waals surface area contributed by atoms with Crippen LogP contribution in [0.3, 0.4) is 0 Å². The van der Waals surface area contributed by atoms with Gasteiger partial charge in [0.2, 0.25) is 0 Å². The first kappa shape index (κ1) is 19.5. The average molecular weight is 393 g/mol. The Hall–Kier alpha value is -2.86. The van der Waals surface area contributed by atoms with E-state index in [1.54, 1.807) is 23.8 Å². The van der Waals surface area contributed by atoms with E-state index in [0.717, 1.165) is 32.5 Å². The highest BCUT2D eigenvalue weighted by atomic mass is 16.3. The van der Waals surface area contributed by atoms with Gasteiger partial charge in [0.15, 0.2) is 0 Å². The number of aryl methyl sites for hydroxylation is 2. The Labute approximate surface area is 170 Å². The second-order valence-electron chi connectivity index (χ2n) is 7.69. The molecule has 1 aliphatic rings. The molecular formula is C23H27N3O3. The van der Waals surface area contributed by atoms with E-state index in [9.17, 15) is 9.59 Å². The molecule has 0 saturated carbocycles. The SMILES string of the molecule is CCn1ccc2oc(C)c(C(=O)NC3CCN(Cc4ccccc4)CC3)c2c1=O. The molecule has 6 nitrogen and oxygen atoms in total. The lowest BCUT2D eigenvalue weighted by molar-refractivity contribution is 0.0909. The summed E-state index contributed by atoms with van der Waals surface area (Å²) in [5, 5.41) is 3.51. The number of hydrogen-bond donors (Lipinski definition) is 1. The number of amides is 1. The van der Waals surface area contributed by atoms with Gasteiger partial charge in [-0.2, -0.15) is 0 Å². The van der Waals surface area contributed by atoms with Crippen molar-refractivity contribution >= 4 is 16.9 Å². The fraction of sp³-hybridized carbons (Fsp3) is 0.391. The summed E-state index contributed by atoms with van der Waals surface area (Å²) in [6.07, 6.45) is 3.50. The Morgan fingerprint density at radius 2 is 1.90 bits per heavy atom. The number of pyridine rings is 1. The number of aromatic nitrogens is 1. The fourth-order valence-corrected chi connectivity index (χ4v) is 4.12. The van der Waals surface area contributed by atoms with Crippen molar-refractivity contribution in [3.05, 3.63) is 69.8 Å². The van der Waals surface area contributed by atoms with Gasteiger partial charge in [-0.05, 0) is 38.3 Å². The Bertz CT molecular complexity index is 1060. The van der Waals surface area contributed by atoms with Crippen LogP contribution < -0.4 is 10.9 Å². The quantitative estimate of drug-likeness (QED) is 0.722. The van der Waals surface area contributed by atoms with Crippen LogP contribution in [0, 0.1) is 6.92 Å². The van der Waals surface area contributed by atoms with Crippen LogP contribution in [0.15, 0.2) is 51.8 Å². The summed E-state index contributed by atoms with van der Waals surface area (Å²) in [6, 6.07) is 12.3. The third-order valence-electron chi connectivity index (χ3n) is 5.73. The number of rotatable bonds is 5. The highest BCUT2D eigenvalue weighted by Gasteiger charge is 2.26. The zero-order chi connectivity index (χ0) is 20.4. The van der Waals surface area contributed by atoms with Gasteiger partial charge in [0.05, 0.1) is 10.9 Å². The lowest BCUT2D eigenvalue weighted by atomic mass is 10.0. The van der Waals surface area contributed by atoms with Crippen molar-refractivity contribution < 1.29 is 9.21 Å². The zero-order valence-corrected chi connectivity index (χ0v) is 17.0. The van der Waals surface area contributed by atoms with Gasteiger partial charge >= 0.3 is 0 Å². The van der Waals surface area contributed by atoms with Gasteiger partial charge in [0, 0.05) is 38.4 Å². The second kappa shape index (κ2) is 8.25. The van der Waals surface area contributed by atoms with Gasteiger partial charge in [-0.15, -0.1) is 0 Å². The molecule has 1 fully saturated rings. The van der Waals surface area contributed by atoms with Crippen molar-refractivity contribution in [2.24, 2.45) is 0 Å². The van der Waals surface area contributed by atoms with Crippen LogP contribution in [0.4, 0.5) is 0 Å². The molecule has 29 heavy (non-hydrogen) atoms. The number of fused-ring (bicyclic) bond motifs is 1. The van der Waals surface area contributed by atoms with Gasteiger partial charge in [0.1, 0.15) is 11.3 Å². The maximum absolute atomic E-state index is 13.0. The number of nitrogens with zero attached hydrogens (tertiary/aromatic N) is 2. The molecule has 0 atom stereocenters. The Morgan fingerprint density at radius 3 is 2.59 bits per heavy atom. The van der Waals surface area contributed by atoms with Crippen molar-refractivity contribution in [3.8, 4) is 0 Å². The molecule has 1 saturated heterocycles. The van der Waals surface area contributed by atoms with E-state index in [0.29, 0.717) is 28.8 Å². The molecule has 1 aromatic carbocycles. The molecule has 0 unspecified atom stereocenters. The molecule has 0 aliphatic carbocycles. The number of carbonyl (C=O) groups is 1. The number of furan rings is 1. The lowest BCUT2D eigenvalue weighted by Crippen LogP contribution is -2.44. The van der Waals surface area contributed by atoms with Crippen LogP contribution >= 0.6 is 0 Å². The predicted molar refractivity (Wildman–Crippen MR) is 113 cm³/mol. The Morgan fingerprint density at radius 1 is 1.17 bits per heavy atom. The number of nitrogens with one attached hydrogen (secondary N) is 1. The normalized spacial score (nSPS) is 15.7. The fourth-order valence-electron chi connectivity index (χ4n) is 4.12. The minimum absolute atomic E-state index is 0.107. The number of benzene rings is 1. The van der Waals surface area contributed by atoms with Crippen LogP contribution in [-0.2, 0) is 13.1 Å². The standard InChI is InChI=1S/C23H27N3O3/c1-3-26-14-11-19-21(23(26)28)20(16(2)29-19)22(27)24-18-9-12-25(13-10-18)15-17-7-5-4-6-8-17/h4-8,11,14,18H,3,9-10,12-13,15H2,1-2H3,(H,24,27). The van der Waals surface area contributed by atoms with Crippen molar-refractivity contribution in [3.63, 3.8) is 0 Å². The van der Waals surface area contributed by atoms with E-state index in [1.807, 2.05) is 13.0 Å². The van der Waals surface area contributed by atoms with Gasteiger partial charge < -0.3 is 14.3 Å². The van der Waals surface area contributed by atoms with Gasteiger partial charge in [-0.3, -0.25) is 14.5 Å². The lowest BCUT2D eigenvalue weighted by Gasteiger charge is -2.32. The molecular weight excluding hydrogens is 366 g/mol. The molecule has 3 heterocycles. The Kier molecular flexibility index (Phi) is 5.53. The number of likely N-dealkylation sites (tertiary alicyclic amines) is 1.